The number of carbonyl (C=O) groups excluding carboxylic acids is 1. The molecule has 0 radical (unpaired) electrons. The first-order chi connectivity index (χ1) is 15.0. The Labute approximate surface area is 180 Å². The van der Waals surface area contributed by atoms with Crippen LogP contribution in [0.2, 0.25) is 0 Å². The van der Waals surface area contributed by atoms with Crippen LogP contribution in [0, 0.1) is 12.8 Å². The van der Waals surface area contributed by atoms with Crippen LogP contribution < -0.4 is 21.1 Å². The first kappa shape index (κ1) is 19.4. The van der Waals surface area contributed by atoms with E-state index in [0.29, 0.717) is 29.9 Å². The summed E-state index contributed by atoms with van der Waals surface area (Å²) in [6, 6.07) is 5.75. The summed E-state index contributed by atoms with van der Waals surface area (Å²) in [6.07, 6.45) is 4.81. The Bertz CT molecular complexity index is 1170. The van der Waals surface area contributed by atoms with E-state index >= 15 is 0 Å². The Hall–Kier alpha value is -3.55. The summed E-state index contributed by atoms with van der Waals surface area (Å²) in [6.45, 7) is 5.53. The van der Waals surface area contributed by atoms with Crippen LogP contribution in [0.1, 0.15) is 25.3 Å². The minimum absolute atomic E-state index is 0.00484. The molecule has 0 saturated heterocycles. The van der Waals surface area contributed by atoms with Gasteiger partial charge < -0.3 is 20.5 Å². The van der Waals surface area contributed by atoms with Crippen LogP contribution in [-0.2, 0) is 4.74 Å². The number of carbonyl (C=O) groups is 1. The normalized spacial score (nSPS) is 19.5. The third-order valence-electron chi connectivity index (χ3n) is 5.96. The third kappa shape index (κ3) is 3.69. The van der Waals surface area contributed by atoms with Crippen LogP contribution in [0.15, 0.2) is 30.6 Å². The first-order valence-electron chi connectivity index (χ1n) is 10.5. The molecule has 0 spiro atoms. The van der Waals surface area contributed by atoms with Gasteiger partial charge in [0, 0.05) is 35.6 Å². The predicted octanol–water partition coefficient (Wildman–Crippen LogP) is 4.34. The molecule has 0 unspecified atom stereocenters. The van der Waals surface area contributed by atoms with E-state index in [1.54, 1.807) is 12.4 Å². The van der Waals surface area contributed by atoms with Gasteiger partial charge in [-0.05, 0) is 60.4 Å². The molecule has 0 atom stereocenters. The highest BCUT2D eigenvalue weighted by molar-refractivity contribution is 5.99. The monoisotopic (exact) mass is 419 g/mol. The molecule has 8 heteroatoms. The fraction of sp³-hybridized carbons (Fsp3) is 0.348. The Morgan fingerprint density at radius 2 is 2.10 bits per heavy atom. The predicted molar refractivity (Wildman–Crippen MR) is 120 cm³/mol. The van der Waals surface area contributed by atoms with Crippen molar-refractivity contribution in [2.24, 2.45) is 5.92 Å². The Kier molecular flexibility index (Phi) is 4.77. The first-order valence-corrected chi connectivity index (χ1v) is 10.5. The summed E-state index contributed by atoms with van der Waals surface area (Å²) in [5, 5.41) is 7.78. The van der Waals surface area contributed by atoms with E-state index in [1.165, 1.54) is 0 Å². The van der Waals surface area contributed by atoms with Crippen molar-refractivity contribution in [2.45, 2.75) is 32.8 Å². The van der Waals surface area contributed by atoms with E-state index in [2.05, 4.69) is 27.5 Å². The number of anilines is 3. The van der Waals surface area contributed by atoms with E-state index < -0.39 is 6.09 Å². The third-order valence-corrected chi connectivity index (χ3v) is 5.96. The van der Waals surface area contributed by atoms with Crippen LogP contribution >= 0.6 is 0 Å². The van der Waals surface area contributed by atoms with Crippen molar-refractivity contribution in [3.63, 3.8) is 0 Å². The number of benzene rings is 1. The summed E-state index contributed by atoms with van der Waals surface area (Å²) < 4.78 is 11.0. The lowest BCUT2D eigenvalue weighted by Gasteiger charge is -2.31. The highest BCUT2D eigenvalue weighted by Crippen LogP contribution is 2.37. The van der Waals surface area contributed by atoms with Crippen molar-refractivity contribution in [3.8, 4) is 17.0 Å². The lowest BCUT2D eigenvalue weighted by atomic mass is 9.84. The van der Waals surface area contributed by atoms with Crippen molar-refractivity contribution >= 4 is 34.1 Å². The smallest absolute Gasteiger partial charge is 0.413 e. The zero-order valence-corrected chi connectivity index (χ0v) is 17.6. The van der Waals surface area contributed by atoms with Crippen LogP contribution in [0.5, 0.6) is 5.88 Å². The lowest BCUT2D eigenvalue weighted by Crippen LogP contribution is -2.33. The number of fused-ring (bicyclic) bond motifs is 2. The molecule has 1 amide bonds. The molecule has 3 aromatic rings. The quantitative estimate of drug-likeness (QED) is 0.542. The van der Waals surface area contributed by atoms with Crippen molar-refractivity contribution in [1.82, 2.24) is 9.97 Å². The number of rotatable bonds is 3. The highest BCUT2D eigenvalue weighted by Gasteiger charge is 2.28. The SMILES string of the molecule is Cc1c(-c2cc(N)c3cnc(NC(=O)O[C@H]4C[C@@H](C)C4)cc3c2)cnc2c1NCCO2. The second-order valence-electron chi connectivity index (χ2n) is 8.34. The average molecular weight is 419 g/mol. The molecular weight excluding hydrogens is 394 g/mol. The number of nitrogens with one attached hydrogen (secondary N) is 2. The van der Waals surface area contributed by atoms with E-state index in [-0.39, 0.29) is 6.10 Å². The van der Waals surface area contributed by atoms with Crippen LogP contribution in [0.25, 0.3) is 21.9 Å². The molecule has 1 fully saturated rings. The van der Waals surface area contributed by atoms with E-state index in [1.807, 2.05) is 25.1 Å². The Balaban J connectivity index is 1.45. The molecule has 1 aromatic carbocycles. The van der Waals surface area contributed by atoms with Crippen LogP contribution in [0.4, 0.5) is 22.0 Å². The Morgan fingerprint density at radius 1 is 1.26 bits per heavy atom. The molecule has 3 heterocycles. The zero-order valence-electron chi connectivity index (χ0n) is 17.6. The van der Waals surface area contributed by atoms with Crippen molar-refractivity contribution in [2.75, 3.05) is 29.5 Å². The fourth-order valence-electron chi connectivity index (χ4n) is 4.23. The molecule has 0 bridgehead atoms. The molecule has 1 aliphatic carbocycles. The number of hydrogen-bond acceptors (Lipinski definition) is 7. The largest absolute Gasteiger partial charge is 0.474 e. The number of aromatic nitrogens is 2. The van der Waals surface area contributed by atoms with Crippen LogP contribution in [0.3, 0.4) is 0 Å². The molecule has 2 aromatic heterocycles. The van der Waals surface area contributed by atoms with Gasteiger partial charge in [-0.2, -0.15) is 0 Å². The summed E-state index contributed by atoms with van der Waals surface area (Å²) >= 11 is 0. The van der Waals surface area contributed by atoms with E-state index in [0.717, 1.165) is 52.5 Å². The number of nitrogen functional groups attached to an aromatic ring is 1. The zero-order chi connectivity index (χ0) is 21.5. The molecule has 4 N–H and O–H groups in total. The molecule has 31 heavy (non-hydrogen) atoms. The summed E-state index contributed by atoms with van der Waals surface area (Å²) in [4.78, 5) is 20.9. The fourth-order valence-corrected chi connectivity index (χ4v) is 4.23. The Morgan fingerprint density at radius 3 is 2.90 bits per heavy atom. The lowest BCUT2D eigenvalue weighted by molar-refractivity contribution is 0.0311. The number of amides is 1. The average Bonchev–Trinajstić information content (AvgIpc) is 2.73. The number of hydrogen-bond donors (Lipinski definition) is 3. The number of nitrogens with two attached hydrogens (primary N) is 1. The molecule has 5 rings (SSSR count). The van der Waals surface area contributed by atoms with Gasteiger partial charge in [-0.25, -0.2) is 14.8 Å². The highest BCUT2D eigenvalue weighted by atomic mass is 16.6. The van der Waals surface area contributed by atoms with Gasteiger partial charge in [-0.15, -0.1) is 0 Å². The van der Waals surface area contributed by atoms with Gasteiger partial charge in [0.15, 0.2) is 0 Å². The summed E-state index contributed by atoms with van der Waals surface area (Å²) in [7, 11) is 0. The van der Waals surface area contributed by atoms with Crippen molar-refractivity contribution in [1.29, 1.82) is 0 Å². The maximum atomic E-state index is 12.2. The number of pyridine rings is 2. The maximum absolute atomic E-state index is 12.2. The molecule has 1 saturated carbocycles. The summed E-state index contributed by atoms with van der Waals surface area (Å²) in [5.74, 6) is 1.66. The van der Waals surface area contributed by atoms with Gasteiger partial charge in [0.05, 0.1) is 0 Å². The molecule has 8 nitrogen and oxygen atoms in total. The second-order valence-corrected chi connectivity index (χ2v) is 8.34. The molecular formula is C23H25N5O3. The number of nitrogens with zero attached hydrogens (tertiary/aromatic N) is 2. The van der Waals surface area contributed by atoms with Gasteiger partial charge in [0.2, 0.25) is 5.88 Å². The van der Waals surface area contributed by atoms with E-state index in [9.17, 15) is 4.79 Å². The van der Waals surface area contributed by atoms with Gasteiger partial charge in [-0.1, -0.05) is 6.92 Å². The van der Waals surface area contributed by atoms with Crippen molar-refractivity contribution in [3.05, 3.63) is 36.2 Å². The maximum Gasteiger partial charge on any atom is 0.413 e. The van der Waals surface area contributed by atoms with Gasteiger partial charge >= 0.3 is 6.09 Å². The summed E-state index contributed by atoms with van der Waals surface area (Å²) in [5.41, 5.74) is 10.8. The topological polar surface area (TPSA) is 111 Å². The van der Waals surface area contributed by atoms with Gasteiger partial charge in [0.25, 0.3) is 0 Å². The second kappa shape index (κ2) is 7.61. The van der Waals surface area contributed by atoms with E-state index in [4.69, 9.17) is 15.2 Å². The molecule has 160 valence electrons. The van der Waals surface area contributed by atoms with Gasteiger partial charge in [-0.3, -0.25) is 5.32 Å². The minimum atomic E-state index is -0.478. The standard InChI is InChI=1S/C23H25N5O3/c1-12-5-16(6-12)31-23(29)28-20-9-15-7-14(8-19(24)18(15)11-26-20)17-10-27-22-21(13(17)2)25-3-4-30-22/h7-12,16,25H,3-6,24H2,1-2H3,(H,26,28,29)/t12-,16+. The number of ether oxygens (including phenoxy) is 2. The molecule has 1 aliphatic heterocycles. The minimum Gasteiger partial charge on any atom is -0.474 e. The van der Waals surface area contributed by atoms with Crippen molar-refractivity contribution < 1.29 is 14.3 Å². The van der Waals surface area contributed by atoms with Gasteiger partial charge in [0.1, 0.15) is 24.2 Å². The van der Waals surface area contributed by atoms with Crippen LogP contribution in [-0.4, -0.2) is 35.3 Å². The molecule has 2 aliphatic rings.